The molecule has 0 radical (unpaired) electrons. The minimum Gasteiger partial charge on any atom is -0.492 e. The Kier molecular flexibility index (Phi) is 6.19. The highest BCUT2D eigenvalue weighted by Gasteiger charge is 2.37. The lowest BCUT2D eigenvalue weighted by Crippen LogP contribution is -2.37. The van der Waals surface area contributed by atoms with Crippen LogP contribution in [0.4, 0.5) is 5.69 Å². The van der Waals surface area contributed by atoms with Gasteiger partial charge >= 0.3 is 5.69 Å². The van der Waals surface area contributed by atoms with E-state index in [1.807, 2.05) is 57.2 Å². The number of nitrogens with zero attached hydrogens (tertiary/aromatic N) is 2. The van der Waals surface area contributed by atoms with Crippen LogP contribution in [-0.4, -0.2) is 41.7 Å². The van der Waals surface area contributed by atoms with Crippen molar-refractivity contribution in [3.05, 3.63) is 64.2 Å². The topological polar surface area (TPSA) is 64.8 Å². The molecule has 1 unspecified atom stereocenters. The van der Waals surface area contributed by atoms with Crippen molar-refractivity contribution >= 4 is 5.69 Å². The summed E-state index contributed by atoms with van der Waals surface area (Å²) >= 11 is 0. The van der Waals surface area contributed by atoms with E-state index in [0.29, 0.717) is 24.5 Å². The van der Waals surface area contributed by atoms with Crippen LogP contribution in [0.2, 0.25) is 0 Å². The largest absolute Gasteiger partial charge is 0.492 e. The van der Waals surface area contributed by atoms with Gasteiger partial charge in [-0.2, -0.15) is 0 Å². The van der Waals surface area contributed by atoms with Crippen LogP contribution in [0, 0.1) is 10.1 Å². The zero-order valence-corrected chi connectivity index (χ0v) is 16.8. The molecule has 0 N–H and O–H groups in total. The van der Waals surface area contributed by atoms with Crippen LogP contribution in [0.3, 0.4) is 0 Å². The van der Waals surface area contributed by atoms with E-state index in [1.54, 1.807) is 12.1 Å². The number of likely N-dealkylation sites (tertiary alicyclic amines) is 1. The van der Waals surface area contributed by atoms with Crippen molar-refractivity contribution in [2.45, 2.75) is 38.7 Å². The summed E-state index contributed by atoms with van der Waals surface area (Å²) in [5.74, 6) is 1.29. The van der Waals surface area contributed by atoms with Crippen molar-refractivity contribution in [3.63, 3.8) is 0 Å². The highest BCUT2D eigenvalue weighted by atomic mass is 16.6. The van der Waals surface area contributed by atoms with Gasteiger partial charge in [0.1, 0.15) is 18.0 Å². The van der Waals surface area contributed by atoms with E-state index in [4.69, 9.17) is 9.47 Å². The lowest BCUT2D eigenvalue weighted by Gasteiger charge is -2.27. The molecule has 0 amide bonds. The summed E-state index contributed by atoms with van der Waals surface area (Å²) in [5.41, 5.74) is 0.342. The van der Waals surface area contributed by atoms with Gasteiger partial charge in [0.2, 0.25) is 0 Å². The van der Waals surface area contributed by atoms with Crippen molar-refractivity contribution in [2.24, 2.45) is 0 Å². The maximum atomic E-state index is 11.7. The zero-order valence-electron chi connectivity index (χ0n) is 16.8. The van der Waals surface area contributed by atoms with E-state index in [-0.39, 0.29) is 16.5 Å². The van der Waals surface area contributed by atoms with Crippen LogP contribution in [0.5, 0.6) is 11.5 Å². The molecule has 1 fully saturated rings. The van der Waals surface area contributed by atoms with Crippen LogP contribution >= 0.6 is 0 Å². The first kappa shape index (κ1) is 20.1. The van der Waals surface area contributed by atoms with Gasteiger partial charge < -0.3 is 9.47 Å². The second kappa shape index (κ2) is 8.61. The molecule has 2 aromatic carbocycles. The monoisotopic (exact) mass is 384 g/mol. The Balaban J connectivity index is 1.62. The highest BCUT2D eigenvalue weighted by Crippen LogP contribution is 2.38. The Morgan fingerprint density at radius 2 is 1.93 bits per heavy atom. The molecule has 0 bridgehead atoms. The molecule has 0 aromatic heterocycles. The predicted molar refractivity (Wildman–Crippen MR) is 109 cm³/mol. The molecule has 0 spiro atoms. The maximum Gasteiger partial charge on any atom is 0.314 e. The fourth-order valence-electron chi connectivity index (χ4n) is 3.66. The molecule has 6 heteroatoms. The molecule has 150 valence electrons. The normalized spacial score (nSPS) is 19.7. The Morgan fingerprint density at radius 3 is 2.61 bits per heavy atom. The molecule has 1 aliphatic rings. The molecule has 28 heavy (non-hydrogen) atoms. The summed E-state index contributed by atoms with van der Waals surface area (Å²) < 4.78 is 12.0. The third kappa shape index (κ3) is 4.81. The standard InChI is InChI=1S/C22H28N2O4/c1-17(2)19-10-7-11-20(21(19)24(25)26)28-22(3)12-13-23(16-22)14-15-27-18-8-5-4-6-9-18/h4-11,17H,12-16H2,1-3H3. The van der Waals surface area contributed by atoms with Crippen molar-refractivity contribution < 1.29 is 14.4 Å². The number of hydrogen-bond donors (Lipinski definition) is 0. The summed E-state index contributed by atoms with van der Waals surface area (Å²) in [4.78, 5) is 13.6. The van der Waals surface area contributed by atoms with E-state index < -0.39 is 5.60 Å². The first-order valence-electron chi connectivity index (χ1n) is 9.74. The molecular formula is C22H28N2O4. The van der Waals surface area contributed by atoms with Gasteiger partial charge in [0.15, 0.2) is 5.75 Å². The minimum absolute atomic E-state index is 0.0620. The Labute approximate surface area is 166 Å². The Morgan fingerprint density at radius 1 is 1.18 bits per heavy atom. The SMILES string of the molecule is CC(C)c1cccc(OC2(C)CCN(CCOc3ccccc3)C2)c1[N+](=O)[O-]. The van der Waals surface area contributed by atoms with Crippen LogP contribution in [0.25, 0.3) is 0 Å². The lowest BCUT2D eigenvalue weighted by atomic mass is 10.00. The van der Waals surface area contributed by atoms with Crippen molar-refractivity contribution in [1.29, 1.82) is 0 Å². The second-order valence-electron chi connectivity index (χ2n) is 7.85. The molecule has 0 aliphatic carbocycles. The molecule has 1 saturated heterocycles. The van der Waals surface area contributed by atoms with Crippen LogP contribution in [-0.2, 0) is 0 Å². The minimum atomic E-state index is -0.451. The zero-order chi connectivity index (χ0) is 20.1. The molecule has 1 heterocycles. The average molecular weight is 384 g/mol. The fraction of sp³-hybridized carbons (Fsp3) is 0.455. The van der Waals surface area contributed by atoms with Gasteiger partial charge in [-0.15, -0.1) is 0 Å². The molecule has 6 nitrogen and oxygen atoms in total. The fourth-order valence-corrected chi connectivity index (χ4v) is 3.66. The number of rotatable bonds is 8. The molecule has 1 aliphatic heterocycles. The first-order valence-corrected chi connectivity index (χ1v) is 9.74. The number of nitro groups is 1. The predicted octanol–water partition coefficient (Wildman–Crippen LogP) is 4.64. The molecule has 0 saturated carbocycles. The quantitative estimate of drug-likeness (QED) is 0.490. The van der Waals surface area contributed by atoms with Gasteiger partial charge in [-0.1, -0.05) is 44.2 Å². The number of para-hydroxylation sites is 2. The smallest absolute Gasteiger partial charge is 0.314 e. The van der Waals surface area contributed by atoms with Crippen molar-refractivity contribution in [2.75, 3.05) is 26.2 Å². The third-order valence-electron chi connectivity index (χ3n) is 5.13. The van der Waals surface area contributed by atoms with E-state index >= 15 is 0 Å². The van der Waals surface area contributed by atoms with Gasteiger partial charge in [0.05, 0.1) is 4.92 Å². The second-order valence-corrected chi connectivity index (χ2v) is 7.85. The van der Waals surface area contributed by atoms with Crippen LogP contribution in [0.1, 0.15) is 38.7 Å². The van der Waals surface area contributed by atoms with Crippen molar-refractivity contribution in [3.8, 4) is 11.5 Å². The van der Waals surface area contributed by atoms with Gasteiger partial charge in [-0.25, -0.2) is 0 Å². The van der Waals surface area contributed by atoms with E-state index in [0.717, 1.165) is 25.3 Å². The van der Waals surface area contributed by atoms with Crippen molar-refractivity contribution in [1.82, 2.24) is 4.90 Å². The van der Waals surface area contributed by atoms with Gasteiger partial charge in [0, 0.05) is 31.6 Å². The van der Waals surface area contributed by atoms with Gasteiger partial charge in [0.25, 0.3) is 0 Å². The van der Waals surface area contributed by atoms with E-state index in [1.165, 1.54) is 0 Å². The lowest BCUT2D eigenvalue weighted by molar-refractivity contribution is -0.387. The number of nitro benzene ring substituents is 1. The van der Waals surface area contributed by atoms with Crippen LogP contribution < -0.4 is 9.47 Å². The first-order chi connectivity index (χ1) is 13.4. The number of benzene rings is 2. The Hall–Kier alpha value is -2.60. The summed E-state index contributed by atoms with van der Waals surface area (Å²) in [5, 5.41) is 11.7. The summed E-state index contributed by atoms with van der Waals surface area (Å²) in [6, 6.07) is 15.1. The van der Waals surface area contributed by atoms with E-state index in [2.05, 4.69) is 4.90 Å². The molecule has 3 rings (SSSR count). The average Bonchev–Trinajstić information content (AvgIpc) is 3.02. The van der Waals surface area contributed by atoms with Gasteiger partial charge in [-0.3, -0.25) is 15.0 Å². The maximum absolute atomic E-state index is 11.7. The molecular weight excluding hydrogens is 356 g/mol. The molecule has 2 aromatic rings. The Bertz CT molecular complexity index is 809. The number of ether oxygens (including phenoxy) is 2. The molecule has 1 atom stereocenters. The summed E-state index contributed by atoms with van der Waals surface area (Å²) in [6.45, 7) is 8.93. The summed E-state index contributed by atoms with van der Waals surface area (Å²) in [7, 11) is 0. The number of hydrogen-bond acceptors (Lipinski definition) is 5. The van der Waals surface area contributed by atoms with Crippen LogP contribution in [0.15, 0.2) is 48.5 Å². The third-order valence-corrected chi connectivity index (χ3v) is 5.13. The van der Waals surface area contributed by atoms with Gasteiger partial charge in [-0.05, 0) is 31.0 Å². The summed E-state index contributed by atoms with van der Waals surface area (Å²) in [6.07, 6.45) is 0.821. The highest BCUT2D eigenvalue weighted by molar-refractivity contribution is 5.54. The van der Waals surface area contributed by atoms with E-state index in [9.17, 15) is 10.1 Å².